The number of esters is 1. The molecule has 0 unspecified atom stereocenters. The van der Waals surface area contributed by atoms with E-state index >= 15 is 0 Å². The van der Waals surface area contributed by atoms with Gasteiger partial charge in [-0.15, -0.1) is 0 Å². The quantitative estimate of drug-likeness (QED) is 0.594. The molecule has 0 atom stereocenters. The predicted octanol–water partition coefficient (Wildman–Crippen LogP) is 4.52. The topological polar surface area (TPSA) is 63.5 Å². The van der Waals surface area contributed by atoms with E-state index < -0.39 is 0 Å². The van der Waals surface area contributed by atoms with Crippen molar-refractivity contribution in [2.75, 3.05) is 11.9 Å². The lowest BCUT2D eigenvalue weighted by molar-refractivity contribution is 0.0526. The number of benzene rings is 1. The highest BCUT2D eigenvalue weighted by atomic mass is 32.1. The number of furan rings is 1. The second-order valence-electron chi connectivity index (χ2n) is 6.60. The lowest BCUT2D eigenvalue weighted by atomic mass is 9.94. The van der Waals surface area contributed by atoms with Crippen LogP contribution in [0.2, 0.25) is 0 Å². The molecule has 1 aromatic carbocycles. The SMILES string of the molecule is CCOC(=O)c1ccc(NC(=S)NC2(c3ccco3)CCCC2)c(C)c1. The molecule has 1 aliphatic carbocycles. The lowest BCUT2D eigenvalue weighted by Crippen LogP contribution is -2.45. The van der Waals surface area contributed by atoms with Crippen molar-refractivity contribution >= 4 is 29.0 Å². The van der Waals surface area contributed by atoms with Gasteiger partial charge in [0.15, 0.2) is 5.11 Å². The van der Waals surface area contributed by atoms with Crippen molar-refractivity contribution in [2.24, 2.45) is 0 Å². The molecule has 1 saturated carbocycles. The molecule has 2 N–H and O–H groups in total. The van der Waals surface area contributed by atoms with Gasteiger partial charge in [0.2, 0.25) is 0 Å². The standard InChI is InChI=1S/C20H24N2O3S/c1-3-24-18(23)15-8-9-16(14(2)13-15)21-19(26)22-20(10-4-5-11-20)17-7-6-12-25-17/h6-9,12-13H,3-5,10-11H2,1-2H3,(H2,21,22,26). The van der Waals surface area contributed by atoms with Crippen LogP contribution in [0.3, 0.4) is 0 Å². The monoisotopic (exact) mass is 372 g/mol. The molecule has 1 aliphatic rings. The second-order valence-corrected chi connectivity index (χ2v) is 7.00. The minimum absolute atomic E-state index is 0.244. The minimum atomic E-state index is -0.314. The fourth-order valence-electron chi connectivity index (χ4n) is 3.48. The lowest BCUT2D eigenvalue weighted by Gasteiger charge is -2.30. The van der Waals surface area contributed by atoms with Crippen molar-refractivity contribution in [3.05, 3.63) is 53.5 Å². The van der Waals surface area contributed by atoms with E-state index in [1.165, 1.54) is 0 Å². The van der Waals surface area contributed by atoms with Gasteiger partial charge in [0.25, 0.3) is 0 Å². The van der Waals surface area contributed by atoms with Crippen molar-refractivity contribution < 1.29 is 13.9 Å². The number of rotatable bonds is 5. The fourth-order valence-corrected chi connectivity index (χ4v) is 3.78. The van der Waals surface area contributed by atoms with Crippen LogP contribution in [0, 0.1) is 6.92 Å². The van der Waals surface area contributed by atoms with Gasteiger partial charge in [-0.3, -0.25) is 0 Å². The largest absolute Gasteiger partial charge is 0.467 e. The van der Waals surface area contributed by atoms with Crippen LogP contribution < -0.4 is 10.6 Å². The summed E-state index contributed by atoms with van der Waals surface area (Å²) in [6, 6.07) is 9.31. The van der Waals surface area contributed by atoms with E-state index in [0.29, 0.717) is 17.3 Å². The third kappa shape index (κ3) is 3.90. The highest BCUT2D eigenvalue weighted by Crippen LogP contribution is 2.39. The molecule has 1 heterocycles. The van der Waals surface area contributed by atoms with E-state index in [2.05, 4.69) is 10.6 Å². The molecule has 0 spiro atoms. The Hall–Kier alpha value is -2.34. The van der Waals surface area contributed by atoms with E-state index in [9.17, 15) is 4.79 Å². The number of hydrogen-bond donors (Lipinski definition) is 2. The van der Waals surface area contributed by atoms with Crippen molar-refractivity contribution in [1.82, 2.24) is 5.32 Å². The van der Waals surface area contributed by atoms with Crippen molar-refractivity contribution in [1.29, 1.82) is 0 Å². The van der Waals surface area contributed by atoms with Gasteiger partial charge in [0, 0.05) is 5.69 Å². The fraction of sp³-hybridized carbons (Fsp3) is 0.400. The molecule has 2 aromatic rings. The van der Waals surface area contributed by atoms with Crippen LogP contribution in [-0.4, -0.2) is 17.7 Å². The van der Waals surface area contributed by atoms with Crippen LogP contribution in [-0.2, 0) is 10.3 Å². The molecular formula is C20H24N2O3S. The summed E-state index contributed by atoms with van der Waals surface area (Å²) < 4.78 is 10.7. The number of carbonyl (C=O) groups is 1. The Morgan fingerprint density at radius 2 is 2.08 bits per heavy atom. The molecule has 3 rings (SSSR count). The smallest absolute Gasteiger partial charge is 0.338 e. The van der Waals surface area contributed by atoms with Gasteiger partial charge in [-0.2, -0.15) is 0 Å². The first kappa shape index (κ1) is 18.5. The molecule has 1 aromatic heterocycles. The normalized spacial score (nSPS) is 15.5. The van der Waals surface area contributed by atoms with Crippen LogP contribution >= 0.6 is 12.2 Å². The summed E-state index contributed by atoms with van der Waals surface area (Å²) in [6.45, 7) is 4.09. The van der Waals surface area contributed by atoms with Crippen LogP contribution in [0.25, 0.3) is 0 Å². The van der Waals surface area contributed by atoms with Gasteiger partial charge < -0.3 is 19.8 Å². The number of ether oxygens (including phenoxy) is 1. The summed E-state index contributed by atoms with van der Waals surface area (Å²) in [5.74, 6) is 0.610. The van der Waals surface area contributed by atoms with Crippen LogP contribution in [0.4, 0.5) is 5.69 Å². The van der Waals surface area contributed by atoms with E-state index in [1.54, 1.807) is 25.3 Å². The Bertz CT molecular complexity index is 780. The Kier molecular flexibility index (Phi) is 5.61. The Morgan fingerprint density at radius 3 is 2.69 bits per heavy atom. The number of thiocarbonyl (C=S) groups is 1. The number of hydrogen-bond acceptors (Lipinski definition) is 4. The summed E-state index contributed by atoms with van der Waals surface area (Å²) in [5.41, 5.74) is 2.09. The molecule has 0 bridgehead atoms. The first-order valence-corrected chi connectivity index (χ1v) is 9.36. The molecule has 1 fully saturated rings. The van der Waals surface area contributed by atoms with Gasteiger partial charge in [-0.25, -0.2) is 4.79 Å². The van der Waals surface area contributed by atoms with Gasteiger partial charge in [0.1, 0.15) is 5.76 Å². The van der Waals surface area contributed by atoms with E-state index in [4.69, 9.17) is 21.4 Å². The van der Waals surface area contributed by atoms with E-state index in [0.717, 1.165) is 42.7 Å². The number of carbonyl (C=O) groups excluding carboxylic acids is 1. The Labute approximate surface area is 159 Å². The first-order chi connectivity index (χ1) is 12.5. The van der Waals surface area contributed by atoms with E-state index in [-0.39, 0.29) is 11.5 Å². The Morgan fingerprint density at radius 1 is 1.31 bits per heavy atom. The van der Waals surface area contributed by atoms with Crippen molar-refractivity contribution in [2.45, 2.75) is 45.1 Å². The summed E-state index contributed by atoms with van der Waals surface area (Å²) >= 11 is 5.55. The number of anilines is 1. The predicted molar refractivity (Wildman–Crippen MR) is 105 cm³/mol. The third-order valence-corrected chi connectivity index (χ3v) is 4.99. The van der Waals surface area contributed by atoms with Gasteiger partial charge in [-0.05, 0) is 74.8 Å². The number of aryl methyl sites for hydroxylation is 1. The molecule has 0 aliphatic heterocycles. The molecule has 138 valence electrons. The summed E-state index contributed by atoms with van der Waals surface area (Å²) in [6.07, 6.45) is 5.96. The van der Waals surface area contributed by atoms with Crippen LogP contribution in [0.1, 0.15) is 54.3 Å². The maximum Gasteiger partial charge on any atom is 0.338 e. The third-order valence-electron chi connectivity index (χ3n) is 4.79. The average Bonchev–Trinajstić information content (AvgIpc) is 3.29. The molecule has 26 heavy (non-hydrogen) atoms. The molecule has 0 radical (unpaired) electrons. The highest BCUT2D eigenvalue weighted by Gasteiger charge is 2.38. The molecule has 6 heteroatoms. The van der Waals surface area contributed by atoms with Gasteiger partial charge in [-0.1, -0.05) is 12.8 Å². The maximum atomic E-state index is 11.8. The van der Waals surface area contributed by atoms with E-state index in [1.807, 2.05) is 25.1 Å². The van der Waals surface area contributed by atoms with Crippen LogP contribution in [0.15, 0.2) is 41.0 Å². The van der Waals surface area contributed by atoms with Crippen molar-refractivity contribution in [3.8, 4) is 0 Å². The van der Waals surface area contributed by atoms with Gasteiger partial charge >= 0.3 is 5.97 Å². The van der Waals surface area contributed by atoms with Crippen molar-refractivity contribution in [3.63, 3.8) is 0 Å². The zero-order chi connectivity index (χ0) is 18.6. The maximum absolute atomic E-state index is 11.8. The van der Waals surface area contributed by atoms with Gasteiger partial charge in [0.05, 0.1) is 24.0 Å². The highest BCUT2D eigenvalue weighted by molar-refractivity contribution is 7.80. The summed E-state index contributed by atoms with van der Waals surface area (Å²) in [7, 11) is 0. The zero-order valence-electron chi connectivity index (χ0n) is 15.1. The zero-order valence-corrected chi connectivity index (χ0v) is 15.9. The molecule has 0 amide bonds. The van der Waals surface area contributed by atoms with Crippen LogP contribution in [0.5, 0.6) is 0 Å². The molecule has 0 saturated heterocycles. The summed E-state index contributed by atoms with van der Waals surface area (Å²) in [5, 5.41) is 7.26. The molecular weight excluding hydrogens is 348 g/mol. The molecule has 5 nitrogen and oxygen atoms in total. The second kappa shape index (κ2) is 7.91. The first-order valence-electron chi connectivity index (χ1n) is 8.95. The Balaban J connectivity index is 1.71. The number of nitrogens with one attached hydrogen (secondary N) is 2. The minimum Gasteiger partial charge on any atom is -0.467 e. The average molecular weight is 372 g/mol. The summed E-state index contributed by atoms with van der Waals surface area (Å²) in [4.78, 5) is 11.8.